The minimum Gasteiger partial charge on any atom is -0.508 e. The molecule has 8 N–H and O–H groups in total. The zero-order chi connectivity index (χ0) is 37.3. The van der Waals surface area contributed by atoms with Crippen LogP contribution >= 0.6 is 0 Å². The summed E-state index contributed by atoms with van der Waals surface area (Å²) in [6, 6.07) is 15.6. The van der Waals surface area contributed by atoms with Crippen LogP contribution < -0.4 is 9.47 Å². The minimum absolute atomic E-state index is 0.0259. The van der Waals surface area contributed by atoms with E-state index in [4.69, 9.17) is 28.4 Å². The molecular weight excluding hydrogens is 688 g/mol. The van der Waals surface area contributed by atoms with Crippen LogP contribution in [0.15, 0.2) is 66.7 Å². The predicted molar refractivity (Wildman–Crippen MR) is 175 cm³/mol. The second kappa shape index (κ2) is 15.4. The molecule has 0 amide bonds. The largest absolute Gasteiger partial charge is 0.508 e. The van der Waals surface area contributed by atoms with Gasteiger partial charge >= 0.3 is 5.97 Å². The highest BCUT2D eigenvalue weighted by Crippen LogP contribution is 2.50. The zero-order valence-corrected chi connectivity index (χ0v) is 27.5. The van der Waals surface area contributed by atoms with Crippen LogP contribution in [-0.2, 0) is 23.7 Å². The number of aliphatic hydroxyl groups is 5. The molecule has 0 aromatic heterocycles. The fourth-order valence-corrected chi connectivity index (χ4v) is 6.04. The smallest absolute Gasteiger partial charge is 0.330 e. The molecule has 0 spiro atoms. The Morgan fingerprint density at radius 1 is 0.865 bits per heavy atom. The molecule has 6 rings (SSSR count). The molecule has 16 nitrogen and oxygen atoms in total. The third-order valence-electron chi connectivity index (χ3n) is 8.96. The van der Waals surface area contributed by atoms with E-state index in [1.54, 1.807) is 30.3 Å². The molecule has 11 atom stereocenters. The highest BCUT2D eigenvalue weighted by atomic mass is 16.8. The topological polar surface area (TPSA) is 251 Å². The zero-order valence-electron chi connectivity index (χ0n) is 27.5. The van der Waals surface area contributed by atoms with Gasteiger partial charge in [-0.3, -0.25) is 4.79 Å². The molecule has 3 heterocycles. The third-order valence-corrected chi connectivity index (χ3v) is 8.96. The maximum absolute atomic E-state index is 13.1. The van der Waals surface area contributed by atoms with Crippen LogP contribution in [0, 0.1) is 0 Å². The fraction of sp³-hybridized carbons (Fsp3) is 0.389. The van der Waals surface area contributed by atoms with Gasteiger partial charge in [-0.2, -0.15) is 0 Å². The fourth-order valence-electron chi connectivity index (χ4n) is 6.04. The number of ketones is 1. The van der Waals surface area contributed by atoms with Crippen LogP contribution in [0.2, 0.25) is 0 Å². The van der Waals surface area contributed by atoms with Gasteiger partial charge in [0.25, 0.3) is 0 Å². The lowest BCUT2D eigenvalue weighted by Crippen LogP contribution is -2.64. The van der Waals surface area contributed by atoms with Crippen LogP contribution in [0.3, 0.4) is 0 Å². The van der Waals surface area contributed by atoms with Crippen LogP contribution in [0.5, 0.6) is 28.7 Å². The Balaban J connectivity index is 1.27. The number of Topliss-reactive ketones (excluding diaryl/α,β-unsaturated/α-hetero) is 1. The van der Waals surface area contributed by atoms with E-state index in [1.165, 1.54) is 37.3 Å². The number of aliphatic hydroxyl groups excluding tert-OH is 5. The number of aromatic hydroxyl groups is 3. The molecule has 52 heavy (non-hydrogen) atoms. The van der Waals surface area contributed by atoms with Gasteiger partial charge in [0.15, 0.2) is 29.7 Å². The SMILES string of the molecule is C[C@@H]1O[C@@H](O[C@H]2[C@H](Oc3cc(O)c4c(c3O)OC(c3ccc(O)cc3)CC4=O)O[C@H](COC(=O)/C=C/c3ccccc3)[C@@H](O)[C@@H]2O)[C@H](O)[C@H](O)[C@H]1O. The van der Waals surface area contributed by atoms with Gasteiger partial charge in [-0.05, 0) is 36.3 Å². The first-order chi connectivity index (χ1) is 24.8. The summed E-state index contributed by atoms with van der Waals surface area (Å²) in [5.41, 5.74) is 0.859. The molecule has 0 bridgehead atoms. The van der Waals surface area contributed by atoms with Crippen molar-refractivity contribution in [2.45, 2.75) is 80.9 Å². The van der Waals surface area contributed by atoms with Crippen molar-refractivity contribution < 1.29 is 78.9 Å². The van der Waals surface area contributed by atoms with Crippen molar-refractivity contribution in [3.8, 4) is 28.7 Å². The maximum atomic E-state index is 13.1. The Morgan fingerprint density at radius 3 is 2.29 bits per heavy atom. The predicted octanol–water partition coefficient (Wildman–Crippen LogP) is 0.805. The number of esters is 1. The van der Waals surface area contributed by atoms with E-state index < -0.39 is 109 Å². The molecule has 2 fully saturated rings. The van der Waals surface area contributed by atoms with Crippen molar-refractivity contribution >= 4 is 17.8 Å². The van der Waals surface area contributed by atoms with Crippen molar-refractivity contribution in [1.29, 1.82) is 0 Å². The van der Waals surface area contributed by atoms with E-state index in [1.807, 2.05) is 0 Å². The third kappa shape index (κ3) is 7.69. The Labute approximate surface area is 296 Å². The van der Waals surface area contributed by atoms with Gasteiger partial charge in [0.2, 0.25) is 12.0 Å². The summed E-state index contributed by atoms with van der Waals surface area (Å²) in [5.74, 6) is -3.79. The van der Waals surface area contributed by atoms with E-state index in [9.17, 15) is 50.4 Å². The van der Waals surface area contributed by atoms with Crippen molar-refractivity contribution in [2.24, 2.45) is 0 Å². The lowest BCUT2D eigenvalue weighted by atomic mass is 9.95. The second-order valence-electron chi connectivity index (χ2n) is 12.6. The summed E-state index contributed by atoms with van der Waals surface area (Å²) >= 11 is 0. The number of carbonyl (C=O) groups excluding carboxylic acids is 2. The number of phenols is 3. The average Bonchev–Trinajstić information content (AvgIpc) is 3.13. The standard InChI is InChI=1S/C36H38O16/c1-16-27(41)30(44)32(46)35(48-16)52-34-31(45)28(42)24(15-47-25(40)12-7-17-5-3-2-4-6-17)51-36(34)50-23-14-21(39)26-20(38)13-22(49-33(26)29(23)43)18-8-10-19(37)11-9-18/h2-12,14,16,22,24,27-28,30-32,34-37,39,41-46H,13,15H2,1H3/b12-7+/t16-,22?,24+,27-,28+,30+,31-,32+,34+,35-,36+/m0/s1. The normalized spacial score (nSPS) is 31.8. The molecule has 3 aliphatic heterocycles. The van der Waals surface area contributed by atoms with Gasteiger partial charge in [-0.15, -0.1) is 0 Å². The molecule has 278 valence electrons. The Hall–Kier alpha value is -4.78. The summed E-state index contributed by atoms with van der Waals surface area (Å²) in [4.78, 5) is 25.6. The van der Waals surface area contributed by atoms with Crippen LogP contribution in [-0.4, -0.2) is 121 Å². The highest BCUT2D eigenvalue weighted by Gasteiger charge is 2.51. The first-order valence-corrected chi connectivity index (χ1v) is 16.3. The van der Waals surface area contributed by atoms with Gasteiger partial charge in [0.05, 0.1) is 12.5 Å². The number of hydrogen-bond acceptors (Lipinski definition) is 16. The number of carbonyl (C=O) groups is 2. The van der Waals surface area contributed by atoms with Gasteiger partial charge in [0.1, 0.15) is 66.4 Å². The number of hydrogen-bond donors (Lipinski definition) is 8. The Morgan fingerprint density at radius 2 is 1.58 bits per heavy atom. The maximum Gasteiger partial charge on any atom is 0.330 e. The number of rotatable bonds is 9. The number of fused-ring (bicyclic) bond motifs is 1. The van der Waals surface area contributed by atoms with Gasteiger partial charge < -0.3 is 69.3 Å². The molecule has 3 aromatic carbocycles. The molecule has 0 saturated carbocycles. The molecule has 16 heteroatoms. The molecule has 0 radical (unpaired) electrons. The van der Waals surface area contributed by atoms with Crippen LogP contribution in [0.25, 0.3) is 6.08 Å². The van der Waals surface area contributed by atoms with Crippen molar-refractivity contribution in [1.82, 2.24) is 0 Å². The first-order valence-electron chi connectivity index (χ1n) is 16.3. The van der Waals surface area contributed by atoms with Crippen LogP contribution in [0.4, 0.5) is 0 Å². The Kier molecular flexibility index (Phi) is 11.0. The molecule has 3 aliphatic rings. The van der Waals surface area contributed by atoms with Gasteiger partial charge in [-0.1, -0.05) is 42.5 Å². The van der Waals surface area contributed by atoms with Crippen LogP contribution in [0.1, 0.15) is 40.9 Å². The molecule has 3 aromatic rings. The summed E-state index contributed by atoms with van der Waals surface area (Å²) in [7, 11) is 0. The number of benzene rings is 3. The second-order valence-corrected chi connectivity index (χ2v) is 12.6. The van der Waals surface area contributed by atoms with E-state index in [-0.39, 0.29) is 17.7 Å². The Bertz CT molecular complexity index is 1760. The molecular formula is C36H38O16. The summed E-state index contributed by atoms with van der Waals surface area (Å²) < 4.78 is 34.2. The summed E-state index contributed by atoms with van der Waals surface area (Å²) in [5, 5.41) is 85.2. The average molecular weight is 727 g/mol. The monoisotopic (exact) mass is 726 g/mol. The lowest BCUT2D eigenvalue weighted by molar-refractivity contribution is -0.354. The van der Waals surface area contributed by atoms with Crippen molar-refractivity contribution in [3.05, 3.63) is 83.4 Å². The highest BCUT2D eigenvalue weighted by molar-refractivity contribution is 6.03. The van der Waals surface area contributed by atoms with Gasteiger partial charge in [-0.25, -0.2) is 4.79 Å². The quantitative estimate of drug-likeness (QED) is 0.0863. The molecule has 2 saturated heterocycles. The number of phenolic OH excluding ortho intramolecular Hbond substituents is 3. The lowest BCUT2D eigenvalue weighted by Gasteiger charge is -2.45. The minimum atomic E-state index is -1.91. The van der Waals surface area contributed by atoms with E-state index >= 15 is 0 Å². The number of ether oxygens (including phenoxy) is 6. The van der Waals surface area contributed by atoms with Crippen molar-refractivity contribution in [2.75, 3.05) is 6.61 Å². The summed E-state index contributed by atoms with van der Waals surface area (Å²) in [6.45, 7) is 0.782. The molecule has 0 aliphatic carbocycles. The van der Waals surface area contributed by atoms with Crippen molar-refractivity contribution in [3.63, 3.8) is 0 Å². The van der Waals surface area contributed by atoms with Gasteiger partial charge in [0, 0.05) is 12.1 Å². The van der Waals surface area contributed by atoms with E-state index in [2.05, 4.69) is 0 Å². The van der Waals surface area contributed by atoms with E-state index in [0.29, 0.717) is 11.1 Å². The first kappa shape index (κ1) is 37.0. The molecule has 1 unspecified atom stereocenters. The van der Waals surface area contributed by atoms with E-state index in [0.717, 1.165) is 12.1 Å². The summed E-state index contributed by atoms with van der Waals surface area (Å²) in [6.07, 6.45) is -15.1.